The second-order valence-electron chi connectivity index (χ2n) is 6.69. The number of Topliss-reactive ketones (excluding diaryl/α,β-unsaturated/α-hetero) is 1. The Bertz CT molecular complexity index is 828. The van der Waals surface area contributed by atoms with Crippen LogP contribution in [-0.2, 0) is 14.1 Å². The molecule has 0 amide bonds. The van der Waals surface area contributed by atoms with Crippen LogP contribution in [0.25, 0.3) is 0 Å². The normalized spacial score (nSPS) is 21.3. The van der Waals surface area contributed by atoms with Crippen LogP contribution in [0.15, 0.2) is 9.59 Å². The number of carbonyl (C=O) groups is 1. The van der Waals surface area contributed by atoms with Crippen LogP contribution in [0.5, 0.6) is 0 Å². The molecule has 1 atom stereocenters. The van der Waals surface area contributed by atoms with E-state index in [4.69, 9.17) is 5.73 Å². The van der Waals surface area contributed by atoms with E-state index >= 15 is 0 Å². The zero-order chi connectivity index (χ0) is 19.9. The summed E-state index contributed by atoms with van der Waals surface area (Å²) in [5.41, 5.74) is 1.60. The molecule has 0 aliphatic carbocycles. The molecule has 0 radical (unpaired) electrons. The first-order valence-electron chi connectivity index (χ1n) is 8.38. The maximum Gasteiger partial charge on any atom is 0.406 e. The van der Waals surface area contributed by atoms with E-state index in [2.05, 4.69) is 0 Å². The van der Waals surface area contributed by atoms with Crippen molar-refractivity contribution in [3.8, 4) is 0 Å². The number of hydrogen-bond acceptors (Lipinski definition) is 5. The summed E-state index contributed by atoms with van der Waals surface area (Å²) in [6, 6.07) is 0. The summed E-state index contributed by atoms with van der Waals surface area (Å²) in [5, 5.41) is 0. The largest absolute Gasteiger partial charge is 0.406 e. The van der Waals surface area contributed by atoms with Gasteiger partial charge < -0.3 is 5.73 Å². The van der Waals surface area contributed by atoms with Crippen LogP contribution >= 0.6 is 0 Å². The maximum absolute atomic E-state index is 13.8. The summed E-state index contributed by atoms with van der Waals surface area (Å²) >= 11 is 0. The molecular weight excluding hydrogens is 353 g/mol. The number of ketones is 1. The Morgan fingerprint density at radius 2 is 1.85 bits per heavy atom. The van der Waals surface area contributed by atoms with Crippen LogP contribution in [0.3, 0.4) is 0 Å². The smallest absolute Gasteiger partial charge is 0.384 e. The van der Waals surface area contributed by atoms with E-state index in [1.165, 1.54) is 14.1 Å². The molecule has 2 N–H and O–H groups in total. The van der Waals surface area contributed by atoms with Crippen molar-refractivity contribution in [1.29, 1.82) is 0 Å². The third-order valence-electron chi connectivity index (χ3n) is 5.14. The van der Waals surface area contributed by atoms with Gasteiger partial charge in [-0.15, -0.1) is 0 Å². The topological polar surface area (TPSA) is 90.3 Å². The fourth-order valence-electron chi connectivity index (χ4n) is 3.70. The molecule has 1 fully saturated rings. The summed E-state index contributed by atoms with van der Waals surface area (Å²) in [5.74, 6) is -1.15. The van der Waals surface area contributed by atoms with Crippen molar-refractivity contribution in [2.24, 2.45) is 14.1 Å². The van der Waals surface area contributed by atoms with E-state index in [9.17, 15) is 27.6 Å². The van der Waals surface area contributed by atoms with Gasteiger partial charge in [0, 0.05) is 14.1 Å². The van der Waals surface area contributed by atoms with E-state index in [0.29, 0.717) is 12.8 Å². The van der Waals surface area contributed by atoms with Crippen molar-refractivity contribution < 1.29 is 18.0 Å². The first-order valence-corrected chi connectivity index (χ1v) is 8.38. The zero-order valence-electron chi connectivity index (χ0n) is 15.0. The number of nitrogen functional groups attached to an aromatic ring is 1. The van der Waals surface area contributed by atoms with Crippen molar-refractivity contribution in [1.82, 2.24) is 14.0 Å². The number of aromatic nitrogens is 2. The predicted octanol–water partition coefficient (Wildman–Crippen LogP) is 1.05. The Morgan fingerprint density at radius 3 is 2.38 bits per heavy atom. The number of carbonyl (C=O) groups excluding carboxylic acids is 1. The van der Waals surface area contributed by atoms with Crippen molar-refractivity contribution >= 4 is 11.6 Å². The van der Waals surface area contributed by atoms with E-state index in [0.717, 1.165) is 14.0 Å². The van der Waals surface area contributed by atoms with Crippen LogP contribution in [-0.4, -0.2) is 44.6 Å². The van der Waals surface area contributed by atoms with Gasteiger partial charge >= 0.3 is 11.9 Å². The number of rotatable bonds is 5. The molecule has 26 heavy (non-hydrogen) atoms. The lowest BCUT2D eigenvalue weighted by Gasteiger charge is -2.39. The molecule has 1 unspecified atom stereocenters. The quantitative estimate of drug-likeness (QED) is 0.776. The van der Waals surface area contributed by atoms with Crippen molar-refractivity contribution in [2.45, 2.75) is 44.3 Å². The molecule has 146 valence electrons. The maximum atomic E-state index is 13.8. The SMILES string of the molecule is CCCC1(C(F)(F)F)CCCN1CC(=O)c1c(N)n(C)c(=O)n(C)c1=O. The van der Waals surface area contributed by atoms with Gasteiger partial charge in [0.15, 0.2) is 5.78 Å². The molecule has 1 aliphatic heterocycles. The number of hydrogen-bond donors (Lipinski definition) is 1. The first kappa shape index (κ1) is 20.2. The van der Waals surface area contributed by atoms with Crippen LogP contribution in [0.1, 0.15) is 43.0 Å². The average molecular weight is 376 g/mol. The number of likely N-dealkylation sites (tertiary alicyclic amines) is 1. The molecule has 2 heterocycles. The van der Waals surface area contributed by atoms with Crippen LogP contribution in [0, 0.1) is 0 Å². The van der Waals surface area contributed by atoms with Crippen LogP contribution in [0.4, 0.5) is 19.0 Å². The number of alkyl halides is 3. The van der Waals surface area contributed by atoms with Gasteiger partial charge in [-0.2, -0.15) is 13.2 Å². The van der Waals surface area contributed by atoms with E-state index < -0.39 is 40.9 Å². The first-order chi connectivity index (χ1) is 12.0. The van der Waals surface area contributed by atoms with Gasteiger partial charge in [0.2, 0.25) is 0 Å². The van der Waals surface area contributed by atoms with Gasteiger partial charge in [-0.1, -0.05) is 13.3 Å². The molecule has 7 nitrogen and oxygen atoms in total. The molecule has 1 aromatic heterocycles. The lowest BCUT2D eigenvalue weighted by molar-refractivity contribution is -0.224. The second kappa shape index (κ2) is 6.90. The third kappa shape index (κ3) is 3.06. The molecule has 10 heteroatoms. The summed E-state index contributed by atoms with van der Waals surface area (Å²) in [4.78, 5) is 37.9. The number of halogens is 3. The minimum absolute atomic E-state index is 0.0849. The highest BCUT2D eigenvalue weighted by Crippen LogP contribution is 2.46. The van der Waals surface area contributed by atoms with Crippen molar-refractivity contribution in [2.75, 3.05) is 18.8 Å². The van der Waals surface area contributed by atoms with Gasteiger partial charge in [-0.25, -0.2) is 4.79 Å². The Kier molecular flexibility index (Phi) is 5.36. The fourth-order valence-corrected chi connectivity index (χ4v) is 3.70. The molecule has 1 saturated heterocycles. The molecular formula is C16H23F3N4O3. The van der Waals surface area contributed by atoms with E-state index in [1.54, 1.807) is 6.92 Å². The zero-order valence-corrected chi connectivity index (χ0v) is 15.0. The summed E-state index contributed by atoms with van der Waals surface area (Å²) in [6.07, 6.45) is -4.07. The van der Waals surface area contributed by atoms with Crippen molar-refractivity contribution in [3.05, 3.63) is 26.4 Å². The highest BCUT2D eigenvalue weighted by Gasteiger charge is 2.59. The number of anilines is 1. The molecule has 2 rings (SSSR count). The Morgan fingerprint density at radius 1 is 1.23 bits per heavy atom. The van der Waals surface area contributed by atoms with E-state index in [1.807, 2.05) is 0 Å². The standard InChI is InChI=1S/C16H23F3N4O3/c1-4-6-15(16(17,18)19)7-5-8-23(15)9-10(24)11-12(20)21(2)14(26)22(3)13(11)25/h4-9,20H2,1-3H3. The highest BCUT2D eigenvalue weighted by molar-refractivity contribution is 6.01. The Hall–Kier alpha value is -2.10. The summed E-state index contributed by atoms with van der Waals surface area (Å²) in [6.45, 7) is 1.20. The Labute approximate surface area is 148 Å². The van der Waals surface area contributed by atoms with Crippen molar-refractivity contribution in [3.63, 3.8) is 0 Å². The third-order valence-corrected chi connectivity index (χ3v) is 5.14. The number of nitrogens with zero attached hydrogens (tertiary/aromatic N) is 3. The highest BCUT2D eigenvalue weighted by atomic mass is 19.4. The van der Waals surface area contributed by atoms with Gasteiger partial charge in [0.05, 0.1) is 6.54 Å². The molecule has 1 aliphatic rings. The lowest BCUT2D eigenvalue weighted by atomic mass is 9.89. The van der Waals surface area contributed by atoms with Crippen LogP contribution < -0.4 is 17.0 Å². The molecule has 0 saturated carbocycles. The van der Waals surface area contributed by atoms with Gasteiger partial charge in [0.25, 0.3) is 5.56 Å². The fraction of sp³-hybridized carbons (Fsp3) is 0.688. The molecule has 1 aromatic rings. The van der Waals surface area contributed by atoms with Gasteiger partial charge in [-0.3, -0.25) is 23.6 Å². The van der Waals surface area contributed by atoms with E-state index in [-0.39, 0.29) is 25.2 Å². The lowest BCUT2D eigenvalue weighted by Crippen LogP contribution is -2.56. The molecule has 0 aromatic carbocycles. The number of nitrogens with two attached hydrogens (primary N) is 1. The molecule has 0 spiro atoms. The summed E-state index contributed by atoms with van der Waals surface area (Å²) < 4.78 is 42.9. The van der Waals surface area contributed by atoms with Gasteiger partial charge in [0.1, 0.15) is 16.9 Å². The molecule has 0 bridgehead atoms. The second-order valence-corrected chi connectivity index (χ2v) is 6.69. The van der Waals surface area contributed by atoms with Gasteiger partial charge in [-0.05, 0) is 25.8 Å². The Balaban J connectivity index is 2.45. The minimum Gasteiger partial charge on any atom is -0.384 e. The van der Waals surface area contributed by atoms with Crippen LogP contribution in [0.2, 0.25) is 0 Å². The monoisotopic (exact) mass is 376 g/mol. The predicted molar refractivity (Wildman–Crippen MR) is 90.2 cm³/mol. The minimum atomic E-state index is -4.49. The average Bonchev–Trinajstić information content (AvgIpc) is 2.95. The summed E-state index contributed by atoms with van der Waals surface area (Å²) in [7, 11) is 2.48.